The number of sulfonamides is 1. The molecule has 86 valence electrons. The Morgan fingerprint density at radius 1 is 1.47 bits per heavy atom. The minimum absolute atomic E-state index is 0.172. The van der Waals surface area contributed by atoms with Gasteiger partial charge in [0, 0.05) is 7.05 Å². The summed E-state index contributed by atoms with van der Waals surface area (Å²) in [5, 5.41) is 0. The van der Waals surface area contributed by atoms with Gasteiger partial charge in [0.15, 0.2) is 4.67 Å². The molecule has 0 aliphatic carbocycles. The first-order valence-electron chi connectivity index (χ1n) is 4.64. The molecule has 4 nitrogen and oxygen atoms in total. The van der Waals surface area contributed by atoms with Crippen LogP contribution in [0.4, 0.5) is 0 Å². The summed E-state index contributed by atoms with van der Waals surface area (Å²) in [5.41, 5.74) is 0. The third-order valence-electron chi connectivity index (χ3n) is 1.94. The Hall–Kier alpha value is -0.330. The Morgan fingerprint density at radius 3 is 2.60 bits per heavy atom. The zero-order valence-electron chi connectivity index (χ0n) is 8.73. The molecule has 6 heteroatoms. The summed E-state index contributed by atoms with van der Waals surface area (Å²) in [4.78, 5) is 0. The lowest BCUT2D eigenvalue weighted by molar-refractivity contribution is 0.398. The average molecular weight is 296 g/mol. The van der Waals surface area contributed by atoms with Crippen LogP contribution in [-0.2, 0) is 16.6 Å². The first-order chi connectivity index (χ1) is 6.95. The Kier molecular flexibility index (Phi) is 4.36. The van der Waals surface area contributed by atoms with E-state index in [1.807, 2.05) is 6.92 Å². The zero-order chi connectivity index (χ0) is 11.5. The van der Waals surface area contributed by atoms with Crippen molar-refractivity contribution < 1.29 is 12.8 Å². The second-order valence-electron chi connectivity index (χ2n) is 3.28. The number of furan rings is 1. The summed E-state index contributed by atoms with van der Waals surface area (Å²) in [6.07, 6.45) is 0.620. The number of halogens is 1. The van der Waals surface area contributed by atoms with Crippen molar-refractivity contribution in [2.24, 2.45) is 0 Å². The normalized spacial score (nSPS) is 12.3. The van der Waals surface area contributed by atoms with Gasteiger partial charge in [0.1, 0.15) is 5.76 Å². The topological polar surface area (TPSA) is 50.5 Å². The molecule has 0 saturated heterocycles. The Morgan fingerprint density at radius 2 is 2.13 bits per heavy atom. The van der Waals surface area contributed by atoms with Gasteiger partial charge in [-0.3, -0.25) is 0 Å². The smallest absolute Gasteiger partial charge is 0.214 e. The minimum atomic E-state index is -3.14. The van der Waals surface area contributed by atoms with Gasteiger partial charge in [-0.2, -0.15) is 4.31 Å². The van der Waals surface area contributed by atoms with Gasteiger partial charge in [-0.25, -0.2) is 8.42 Å². The molecule has 0 amide bonds. The van der Waals surface area contributed by atoms with E-state index in [4.69, 9.17) is 4.42 Å². The first-order valence-corrected chi connectivity index (χ1v) is 7.04. The molecule has 0 N–H and O–H groups in total. The van der Waals surface area contributed by atoms with Crippen LogP contribution in [0.3, 0.4) is 0 Å². The van der Waals surface area contributed by atoms with Crippen molar-refractivity contribution in [3.05, 3.63) is 22.6 Å². The molecule has 0 atom stereocenters. The predicted octanol–water partition coefficient (Wildman–Crippen LogP) is 2.21. The van der Waals surface area contributed by atoms with Crippen molar-refractivity contribution in [2.45, 2.75) is 19.9 Å². The van der Waals surface area contributed by atoms with E-state index < -0.39 is 10.0 Å². The fourth-order valence-corrected chi connectivity index (χ4v) is 2.66. The summed E-state index contributed by atoms with van der Waals surface area (Å²) in [6.45, 7) is 2.11. The highest BCUT2D eigenvalue weighted by molar-refractivity contribution is 9.10. The van der Waals surface area contributed by atoms with Gasteiger partial charge in [-0.05, 0) is 34.5 Å². The van der Waals surface area contributed by atoms with Crippen LogP contribution >= 0.6 is 15.9 Å². The number of rotatable bonds is 5. The maximum atomic E-state index is 11.6. The Bertz CT molecular complexity index is 413. The number of hydrogen-bond donors (Lipinski definition) is 0. The first kappa shape index (κ1) is 12.7. The van der Waals surface area contributed by atoms with Gasteiger partial charge < -0.3 is 4.42 Å². The number of nitrogens with zero attached hydrogens (tertiary/aromatic N) is 1. The predicted molar refractivity (Wildman–Crippen MR) is 62.0 cm³/mol. The van der Waals surface area contributed by atoms with Crippen LogP contribution in [-0.4, -0.2) is 25.5 Å². The summed E-state index contributed by atoms with van der Waals surface area (Å²) in [6, 6.07) is 3.50. The molecular weight excluding hydrogens is 282 g/mol. The summed E-state index contributed by atoms with van der Waals surface area (Å²) >= 11 is 3.17. The molecule has 1 rings (SSSR count). The highest BCUT2D eigenvalue weighted by Crippen LogP contribution is 2.16. The maximum Gasteiger partial charge on any atom is 0.214 e. The molecule has 0 radical (unpaired) electrons. The SMILES string of the molecule is CCCS(=O)(=O)N(C)Cc1ccc(Br)o1. The van der Waals surface area contributed by atoms with Crippen LogP contribution in [0.1, 0.15) is 19.1 Å². The van der Waals surface area contributed by atoms with E-state index in [2.05, 4.69) is 15.9 Å². The molecule has 1 aromatic rings. The molecule has 0 fully saturated rings. The molecule has 1 aromatic heterocycles. The lowest BCUT2D eigenvalue weighted by atomic mass is 10.4. The quantitative estimate of drug-likeness (QED) is 0.837. The summed E-state index contributed by atoms with van der Waals surface area (Å²) in [5.74, 6) is 0.801. The highest BCUT2D eigenvalue weighted by Gasteiger charge is 2.17. The number of hydrogen-bond acceptors (Lipinski definition) is 3. The van der Waals surface area contributed by atoms with Crippen LogP contribution in [0.25, 0.3) is 0 Å². The summed E-state index contributed by atoms with van der Waals surface area (Å²) in [7, 11) is -1.58. The lowest BCUT2D eigenvalue weighted by Gasteiger charge is -2.14. The molecule has 0 aliphatic rings. The third kappa shape index (κ3) is 3.62. The van der Waals surface area contributed by atoms with E-state index in [0.717, 1.165) is 0 Å². The van der Waals surface area contributed by atoms with Crippen molar-refractivity contribution in [3.63, 3.8) is 0 Å². The fourth-order valence-electron chi connectivity index (χ4n) is 1.17. The Labute approximate surface area is 98.4 Å². The van der Waals surface area contributed by atoms with E-state index in [-0.39, 0.29) is 12.3 Å². The zero-order valence-corrected chi connectivity index (χ0v) is 11.1. The monoisotopic (exact) mass is 295 g/mol. The van der Waals surface area contributed by atoms with Crippen LogP contribution in [0.15, 0.2) is 21.2 Å². The second-order valence-corrected chi connectivity index (χ2v) is 6.25. The van der Waals surface area contributed by atoms with Crippen molar-refractivity contribution in [1.82, 2.24) is 4.31 Å². The molecule has 0 saturated carbocycles. The van der Waals surface area contributed by atoms with Gasteiger partial charge in [-0.15, -0.1) is 0 Å². The standard InChI is InChI=1S/C9H14BrNO3S/c1-3-6-15(12,13)11(2)7-8-4-5-9(10)14-8/h4-5H,3,6-7H2,1-2H3. The van der Waals surface area contributed by atoms with Crippen molar-refractivity contribution in [1.29, 1.82) is 0 Å². The average Bonchev–Trinajstić information content (AvgIpc) is 2.51. The highest BCUT2D eigenvalue weighted by atomic mass is 79.9. The lowest BCUT2D eigenvalue weighted by Crippen LogP contribution is -2.28. The molecule has 0 aliphatic heterocycles. The molecule has 1 heterocycles. The van der Waals surface area contributed by atoms with Crippen LogP contribution in [0.5, 0.6) is 0 Å². The Balaban J connectivity index is 2.67. The molecule has 15 heavy (non-hydrogen) atoms. The van der Waals surface area contributed by atoms with Crippen LogP contribution < -0.4 is 0 Å². The van der Waals surface area contributed by atoms with Crippen molar-refractivity contribution in [3.8, 4) is 0 Å². The largest absolute Gasteiger partial charge is 0.453 e. The van der Waals surface area contributed by atoms with Crippen LogP contribution in [0.2, 0.25) is 0 Å². The summed E-state index contributed by atoms with van der Waals surface area (Å²) < 4.78 is 30.4. The van der Waals surface area contributed by atoms with E-state index in [0.29, 0.717) is 16.9 Å². The van der Waals surface area contributed by atoms with E-state index in [9.17, 15) is 8.42 Å². The van der Waals surface area contributed by atoms with Gasteiger partial charge in [0.2, 0.25) is 10.0 Å². The van der Waals surface area contributed by atoms with E-state index in [1.165, 1.54) is 4.31 Å². The second kappa shape index (κ2) is 5.14. The maximum absolute atomic E-state index is 11.6. The molecule has 0 bridgehead atoms. The van der Waals surface area contributed by atoms with Gasteiger partial charge in [-0.1, -0.05) is 6.92 Å². The molecule has 0 aromatic carbocycles. The van der Waals surface area contributed by atoms with Gasteiger partial charge >= 0.3 is 0 Å². The van der Waals surface area contributed by atoms with Crippen molar-refractivity contribution >= 4 is 26.0 Å². The van der Waals surface area contributed by atoms with Gasteiger partial charge in [0.25, 0.3) is 0 Å². The van der Waals surface area contributed by atoms with Gasteiger partial charge in [0.05, 0.1) is 12.3 Å². The van der Waals surface area contributed by atoms with Crippen LogP contribution in [0, 0.1) is 0 Å². The minimum Gasteiger partial charge on any atom is -0.453 e. The third-order valence-corrected chi connectivity index (χ3v) is 4.37. The molecule has 0 unspecified atom stereocenters. The fraction of sp³-hybridized carbons (Fsp3) is 0.556. The molecule has 0 spiro atoms. The molecular formula is C9H14BrNO3S. The van der Waals surface area contributed by atoms with Crippen molar-refractivity contribution in [2.75, 3.05) is 12.8 Å². The van der Waals surface area contributed by atoms with E-state index >= 15 is 0 Å². The van der Waals surface area contributed by atoms with E-state index in [1.54, 1.807) is 19.2 Å².